The van der Waals surface area contributed by atoms with E-state index in [0.29, 0.717) is 24.0 Å². The number of hydrogen-bond donors (Lipinski definition) is 1. The molecule has 0 atom stereocenters. The third-order valence-electron chi connectivity index (χ3n) is 3.17. The molecule has 1 amide bonds. The minimum atomic E-state index is -0.240. The molecule has 3 aromatic rings. The van der Waals surface area contributed by atoms with Crippen LogP contribution in [0.1, 0.15) is 29.9 Å². The van der Waals surface area contributed by atoms with Gasteiger partial charge in [-0.15, -0.1) is 16.4 Å². The Balaban J connectivity index is 1.67. The van der Waals surface area contributed by atoms with Crippen LogP contribution in [0.5, 0.6) is 5.75 Å². The molecule has 0 saturated heterocycles. The quantitative estimate of drug-likeness (QED) is 0.778. The zero-order valence-corrected chi connectivity index (χ0v) is 14.1. The molecule has 0 bridgehead atoms. The number of anilines is 1. The van der Waals surface area contributed by atoms with E-state index in [4.69, 9.17) is 4.74 Å². The van der Waals surface area contributed by atoms with Crippen LogP contribution in [0.25, 0.3) is 4.96 Å². The molecule has 0 saturated carbocycles. The molecule has 7 heteroatoms. The van der Waals surface area contributed by atoms with Gasteiger partial charge >= 0.3 is 0 Å². The Morgan fingerprint density at radius 2 is 2.09 bits per heavy atom. The molecule has 1 N–H and O–H groups in total. The predicted octanol–water partition coefficient (Wildman–Crippen LogP) is 3.39. The highest BCUT2D eigenvalue weighted by atomic mass is 32.1. The fourth-order valence-electron chi connectivity index (χ4n) is 1.98. The molecule has 0 unspecified atom stereocenters. The molecule has 0 fully saturated rings. The summed E-state index contributed by atoms with van der Waals surface area (Å²) in [5, 5.41) is 8.95. The molecule has 3 rings (SSSR count). The third kappa shape index (κ3) is 3.50. The smallest absolute Gasteiger partial charge is 0.258 e. The maximum atomic E-state index is 12.2. The minimum Gasteiger partial charge on any atom is -0.493 e. The number of rotatable bonds is 5. The van der Waals surface area contributed by atoms with E-state index < -0.39 is 0 Å². The van der Waals surface area contributed by atoms with Crippen molar-refractivity contribution in [1.82, 2.24) is 14.6 Å². The van der Waals surface area contributed by atoms with Gasteiger partial charge < -0.3 is 4.74 Å². The molecule has 6 nitrogen and oxygen atoms in total. The SMILES string of the molecule is Cc1csc2nc(NC(=O)c3ccc(OCC(C)C)cc3)nn12. The van der Waals surface area contributed by atoms with E-state index in [2.05, 4.69) is 29.2 Å². The largest absolute Gasteiger partial charge is 0.493 e. The van der Waals surface area contributed by atoms with Gasteiger partial charge in [0.15, 0.2) is 0 Å². The van der Waals surface area contributed by atoms with E-state index in [9.17, 15) is 4.79 Å². The zero-order valence-electron chi connectivity index (χ0n) is 13.2. The number of aromatic nitrogens is 3. The van der Waals surface area contributed by atoms with Crippen molar-refractivity contribution in [3.05, 3.63) is 40.9 Å². The molecule has 0 radical (unpaired) electrons. The molecule has 0 spiro atoms. The van der Waals surface area contributed by atoms with E-state index in [0.717, 1.165) is 16.4 Å². The van der Waals surface area contributed by atoms with Gasteiger partial charge in [-0.1, -0.05) is 13.8 Å². The lowest BCUT2D eigenvalue weighted by Gasteiger charge is -2.09. The Morgan fingerprint density at radius 3 is 2.74 bits per heavy atom. The first-order chi connectivity index (χ1) is 11.0. The lowest BCUT2D eigenvalue weighted by molar-refractivity contribution is 0.102. The maximum absolute atomic E-state index is 12.2. The molecular formula is C16H18N4O2S. The second kappa shape index (κ2) is 6.37. The number of nitrogens with zero attached hydrogens (tertiary/aromatic N) is 3. The van der Waals surface area contributed by atoms with Gasteiger partial charge in [-0.05, 0) is 37.1 Å². The summed E-state index contributed by atoms with van der Waals surface area (Å²) in [7, 11) is 0. The van der Waals surface area contributed by atoms with Crippen LogP contribution in [-0.4, -0.2) is 27.1 Å². The van der Waals surface area contributed by atoms with Crippen LogP contribution < -0.4 is 10.1 Å². The molecule has 0 aliphatic rings. The van der Waals surface area contributed by atoms with Crippen LogP contribution in [-0.2, 0) is 0 Å². The lowest BCUT2D eigenvalue weighted by atomic mass is 10.2. The Bertz CT molecular complexity index is 820. The van der Waals surface area contributed by atoms with Crippen molar-refractivity contribution in [1.29, 1.82) is 0 Å². The van der Waals surface area contributed by atoms with Crippen LogP contribution in [0.3, 0.4) is 0 Å². The van der Waals surface area contributed by atoms with Gasteiger partial charge in [0.25, 0.3) is 11.9 Å². The van der Waals surface area contributed by atoms with Gasteiger partial charge in [0.2, 0.25) is 4.96 Å². The van der Waals surface area contributed by atoms with E-state index in [1.807, 2.05) is 12.3 Å². The Hall–Kier alpha value is -2.41. The van der Waals surface area contributed by atoms with Crippen molar-refractivity contribution in [2.45, 2.75) is 20.8 Å². The summed E-state index contributed by atoms with van der Waals surface area (Å²) >= 11 is 1.49. The number of fused-ring (bicyclic) bond motifs is 1. The van der Waals surface area contributed by atoms with E-state index in [1.54, 1.807) is 28.8 Å². The van der Waals surface area contributed by atoms with Crippen molar-refractivity contribution in [3.63, 3.8) is 0 Å². The standard InChI is InChI=1S/C16H18N4O2S/c1-10(2)8-22-13-6-4-12(5-7-13)14(21)17-15-18-16-20(19-15)11(3)9-23-16/h4-7,9-10H,8H2,1-3H3,(H,17,19,21). The van der Waals surface area contributed by atoms with Crippen molar-refractivity contribution in [3.8, 4) is 5.75 Å². The summed E-state index contributed by atoms with van der Waals surface area (Å²) in [6, 6.07) is 7.05. The van der Waals surface area contributed by atoms with Crippen molar-refractivity contribution in [2.24, 2.45) is 5.92 Å². The number of carbonyl (C=O) groups excluding carboxylic acids is 1. The first-order valence-electron chi connectivity index (χ1n) is 7.38. The monoisotopic (exact) mass is 330 g/mol. The Morgan fingerprint density at radius 1 is 1.35 bits per heavy atom. The van der Waals surface area contributed by atoms with Crippen LogP contribution in [0.4, 0.5) is 5.95 Å². The number of ether oxygens (including phenoxy) is 1. The first-order valence-corrected chi connectivity index (χ1v) is 8.26. The van der Waals surface area contributed by atoms with Crippen LogP contribution >= 0.6 is 11.3 Å². The molecule has 2 heterocycles. The van der Waals surface area contributed by atoms with E-state index in [-0.39, 0.29) is 5.91 Å². The fraction of sp³-hybridized carbons (Fsp3) is 0.312. The van der Waals surface area contributed by atoms with Crippen LogP contribution in [0, 0.1) is 12.8 Å². The normalized spacial score (nSPS) is 11.1. The predicted molar refractivity (Wildman–Crippen MR) is 90.3 cm³/mol. The number of aryl methyl sites for hydroxylation is 1. The minimum absolute atomic E-state index is 0.240. The Kier molecular flexibility index (Phi) is 4.29. The highest BCUT2D eigenvalue weighted by Crippen LogP contribution is 2.17. The molecular weight excluding hydrogens is 312 g/mol. The molecule has 0 aliphatic heterocycles. The van der Waals surface area contributed by atoms with Gasteiger partial charge in [0, 0.05) is 10.9 Å². The van der Waals surface area contributed by atoms with Gasteiger partial charge in [-0.3, -0.25) is 10.1 Å². The molecule has 2 aromatic heterocycles. The highest BCUT2D eigenvalue weighted by Gasteiger charge is 2.12. The molecule has 1 aromatic carbocycles. The highest BCUT2D eigenvalue weighted by molar-refractivity contribution is 7.15. The Labute approximate surface area is 138 Å². The van der Waals surface area contributed by atoms with Crippen molar-refractivity contribution >= 4 is 28.2 Å². The maximum Gasteiger partial charge on any atom is 0.258 e. The van der Waals surface area contributed by atoms with Gasteiger partial charge in [-0.2, -0.15) is 4.98 Å². The van der Waals surface area contributed by atoms with Gasteiger partial charge in [0.05, 0.1) is 12.3 Å². The number of benzene rings is 1. The van der Waals surface area contributed by atoms with Crippen molar-refractivity contribution < 1.29 is 9.53 Å². The van der Waals surface area contributed by atoms with Crippen LogP contribution in [0.15, 0.2) is 29.6 Å². The third-order valence-corrected chi connectivity index (χ3v) is 4.11. The summed E-state index contributed by atoms with van der Waals surface area (Å²) < 4.78 is 7.32. The van der Waals surface area contributed by atoms with Gasteiger partial charge in [-0.25, -0.2) is 4.52 Å². The second-order valence-corrected chi connectivity index (χ2v) is 6.53. The van der Waals surface area contributed by atoms with Crippen molar-refractivity contribution in [2.75, 3.05) is 11.9 Å². The summed E-state index contributed by atoms with van der Waals surface area (Å²) in [5.74, 6) is 1.29. The number of hydrogen-bond acceptors (Lipinski definition) is 5. The first kappa shape index (κ1) is 15.5. The number of carbonyl (C=O) groups is 1. The number of amides is 1. The molecule has 120 valence electrons. The summed E-state index contributed by atoms with van der Waals surface area (Å²) in [5.41, 5.74) is 1.53. The second-order valence-electron chi connectivity index (χ2n) is 5.69. The average molecular weight is 330 g/mol. The summed E-state index contributed by atoms with van der Waals surface area (Å²) in [6.45, 7) is 6.78. The van der Waals surface area contributed by atoms with Gasteiger partial charge in [0.1, 0.15) is 5.75 Å². The van der Waals surface area contributed by atoms with Crippen LogP contribution in [0.2, 0.25) is 0 Å². The molecule has 0 aliphatic carbocycles. The molecule has 23 heavy (non-hydrogen) atoms. The number of thiazole rings is 1. The number of nitrogens with one attached hydrogen (secondary N) is 1. The fourth-order valence-corrected chi connectivity index (χ4v) is 2.78. The lowest BCUT2D eigenvalue weighted by Crippen LogP contribution is -2.13. The summed E-state index contributed by atoms with van der Waals surface area (Å²) in [6.07, 6.45) is 0. The van der Waals surface area contributed by atoms with E-state index in [1.165, 1.54) is 11.3 Å². The zero-order chi connectivity index (χ0) is 16.4. The average Bonchev–Trinajstić information content (AvgIpc) is 3.07. The topological polar surface area (TPSA) is 68.5 Å². The summed E-state index contributed by atoms with van der Waals surface area (Å²) in [4.78, 5) is 17.3. The van der Waals surface area contributed by atoms with E-state index >= 15 is 0 Å².